The first-order valence-corrected chi connectivity index (χ1v) is 14.3. The molecule has 2 aromatic carbocycles. The lowest BCUT2D eigenvalue weighted by atomic mass is 9.73. The smallest absolute Gasteiger partial charge is 0.227 e. The number of fused-ring (bicyclic) bond motifs is 1. The average molecular weight is 532 g/mol. The molecule has 38 heavy (non-hydrogen) atoms. The Morgan fingerprint density at radius 3 is 2.53 bits per heavy atom. The minimum absolute atomic E-state index is 0.177. The maximum atomic E-state index is 13.2. The number of para-hydroxylation sites is 1. The van der Waals surface area contributed by atoms with E-state index in [2.05, 4.69) is 46.3 Å². The Labute approximate surface area is 231 Å². The number of pyridine rings is 1. The molecule has 0 atom stereocenters. The van der Waals surface area contributed by atoms with Crippen LogP contribution in [-0.4, -0.2) is 53.5 Å². The van der Waals surface area contributed by atoms with Gasteiger partial charge in [-0.15, -0.1) is 0 Å². The van der Waals surface area contributed by atoms with Crippen LogP contribution < -0.4 is 4.74 Å². The molecule has 2 aliphatic rings. The van der Waals surface area contributed by atoms with Gasteiger partial charge >= 0.3 is 0 Å². The fourth-order valence-electron chi connectivity index (χ4n) is 5.99. The summed E-state index contributed by atoms with van der Waals surface area (Å²) in [5.74, 6) is 1.20. The molecule has 3 heterocycles. The maximum Gasteiger partial charge on any atom is 0.227 e. The van der Waals surface area contributed by atoms with Gasteiger partial charge in [0.05, 0.1) is 12.1 Å². The Kier molecular flexibility index (Phi) is 8.98. The van der Waals surface area contributed by atoms with Crippen molar-refractivity contribution < 1.29 is 9.53 Å². The molecule has 0 bridgehead atoms. The lowest BCUT2D eigenvalue weighted by Crippen LogP contribution is -2.49. The fourth-order valence-corrected chi connectivity index (χ4v) is 6.20. The van der Waals surface area contributed by atoms with E-state index in [-0.39, 0.29) is 11.3 Å². The first-order valence-electron chi connectivity index (χ1n) is 13.9. The summed E-state index contributed by atoms with van der Waals surface area (Å²) in [7, 11) is 0. The SMILES string of the molecule is O=C(Cc1ccccc1Cl)N1CCC2(CCCCc3ccccc3OCCN(Cc3ccccn3)C2)CC1. The predicted molar refractivity (Wildman–Crippen MR) is 152 cm³/mol. The summed E-state index contributed by atoms with van der Waals surface area (Å²) < 4.78 is 6.29. The highest BCUT2D eigenvalue weighted by Crippen LogP contribution is 2.39. The van der Waals surface area contributed by atoms with Crippen LogP contribution in [0, 0.1) is 5.41 Å². The molecule has 0 unspecified atom stereocenters. The van der Waals surface area contributed by atoms with Gasteiger partial charge in [-0.1, -0.05) is 60.5 Å². The first kappa shape index (κ1) is 26.7. The van der Waals surface area contributed by atoms with Gasteiger partial charge in [0.15, 0.2) is 0 Å². The monoisotopic (exact) mass is 531 g/mol. The predicted octanol–water partition coefficient (Wildman–Crippen LogP) is 6.19. The number of hydrogen-bond donors (Lipinski definition) is 0. The number of nitrogens with zero attached hydrogens (tertiary/aromatic N) is 3. The molecule has 1 aromatic heterocycles. The van der Waals surface area contributed by atoms with Crippen LogP contribution in [0.4, 0.5) is 0 Å². The van der Waals surface area contributed by atoms with Crippen LogP contribution in [0.3, 0.4) is 0 Å². The topological polar surface area (TPSA) is 45.7 Å². The number of benzene rings is 2. The Hall–Kier alpha value is -2.89. The van der Waals surface area contributed by atoms with Crippen LogP contribution in [0.2, 0.25) is 5.02 Å². The van der Waals surface area contributed by atoms with Gasteiger partial charge in [-0.3, -0.25) is 14.7 Å². The van der Waals surface area contributed by atoms with Crippen molar-refractivity contribution in [2.45, 2.75) is 51.5 Å². The summed E-state index contributed by atoms with van der Waals surface area (Å²) in [6.45, 7) is 4.92. The van der Waals surface area contributed by atoms with E-state index in [1.807, 2.05) is 41.4 Å². The van der Waals surface area contributed by atoms with Crippen molar-refractivity contribution in [1.29, 1.82) is 0 Å². The van der Waals surface area contributed by atoms with Gasteiger partial charge in [-0.25, -0.2) is 0 Å². The minimum atomic E-state index is 0.177. The zero-order valence-corrected chi connectivity index (χ0v) is 22.9. The summed E-state index contributed by atoms with van der Waals surface area (Å²) in [5, 5.41) is 0.669. The van der Waals surface area contributed by atoms with Crippen molar-refractivity contribution in [3.05, 3.63) is 94.8 Å². The number of carbonyl (C=O) groups excluding carboxylic acids is 1. The second kappa shape index (κ2) is 12.8. The van der Waals surface area contributed by atoms with Crippen molar-refractivity contribution in [3.8, 4) is 5.75 Å². The summed E-state index contributed by atoms with van der Waals surface area (Å²) in [6, 6.07) is 22.3. The van der Waals surface area contributed by atoms with Crippen LogP contribution >= 0.6 is 11.6 Å². The number of likely N-dealkylation sites (tertiary alicyclic amines) is 1. The number of aromatic nitrogens is 1. The molecule has 1 spiro atoms. The Balaban J connectivity index is 1.29. The van der Waals surface area contributed by atoms with E-state index in [4.69, 9.17) is 16.3 Å². The highest BCUT2D eigenvalue weighted by Gasteiger charge is 2.37. The maximum absolute atomic E-state index is 13.2. The summed E-state index contributed by atoms with van der Waals surface area (Å²) in [5.41, 5.74) is 3.49. The van der Waals surface area contributed by atoms with E-state index >= 15 is 0 Å². The van der Waals surface area contributed by atoms with E-state index in [1.54, 1.807) is 0 Å². The van der Waals surface area contributed by atoms with Crippen LogP contribution in [0.1, 0.15) is 48.9 Å². The molecule has 0 saturated carbocycles. The molecule has 1 saturated heterocycles. The number of ether oxygens (including phenoxy) is 1. The number of hydrogen-bond acceptors (Lipinski definition) is 4. The van der Waals surface area contributed by atoms with Crippen molar-refractivity contribution in [3.63, 3.8) is 0 Å². The highest BCUT2D eigenvalue weighted by atomic mass is 35.5. The first-order chi connectivity index (χ1) is 18.6. The van der Waals surface area contributed by atoms with Gasteiger partial charge in [-0.05, 0) is 72.9 Å². The third kappa shape index (κ3) is 6.95. The molecule has 6 heteroatoms. The molecule has 2 aliphatic heterocycles. The number of amides is 1. The van der Waals surface area contributed by atoms with Crippen molar-refractivity contribution in [1.82, 2.24) is 14.8 Å². The molecule has 5 rings (SSSR count). The number of halogens is 1. The second-order valence-electron chi connectivity index (χ2n) is 10.8. The largest absolute Gasteiger partial charge is 0.492 e. The van der Waals surface area contributed by atoms with E-state index < -0.39 is 0 Å². The van der Waals surface area contributed by atoms with E-state index in [0.717, 1.165) is 75.4 Å². The zero-order chi connectivity index (χ0) is 26.2. The average Bonchev–Trinajstić information content (AvgIpc) is 2.93. The van der Waals surface area contributed by atoms with Crippen LogP contribution in [0.15, 0.2) is 72.9 Å². The van der Waals surface area contributed by atoms with E-state index in [0.29, 0.717) is 18.1 Å². The van der Waals surface area contributed by atoms with Crippen LogP contribution in [-0.2, 0) is 24.2 Å². The second-order valence-corrected chi connectivity index (χ2v) is 11.3. The fraction of sp³-hybridized carbons (Fsp3) is 0.438. The van der Waals surface area contributed by atoms with E-state index in [1.165, 1.54) is 18.4 Å². The molecular weight excluding hydrogens is 494 g/mol. The molecule has 5 nitrogen and oxygen atoms in total. The third-order valence-corrected chi connectivity index (χ3v) is 8.56. The van der Waals surface area contributed by atoms with Gasteiger partial charge in [0.2, 0.25) is 5.91 Å². The third-order valence-electron chi connectivity index (χ3n) is 8.19. The molecule has 200 valence electrons. The van der Waals surface area contributed by atoms with Crippen LogP contribution in [0.5, 0.6) is 5.75 Å². The van der Waals surface area contributed by atoms with Gasteiger partial charge in [0.25, 0.3) is 0 Å². The summed E-state index contributed by atoms with van der Waals surface area (Å²) >= 11 is 6.33. The van der Waals surface area contributed by atoms with Crippen molar-refractivity contribution >= 4 is 17.5 Å². The number of rotatable bonds is 4. The summed E-state index contributed by atoms with van der Waals surface area (Å²) in [4.78, 5) is 22.3. The molecule has 1 fully saturated rings. The van der Waals surface area contributed by atoms with Gasteiger partial charge in [0, 0.05) is 43.9 Å². The van der Waals surface area contributed by atoms with Gasteiger partial charge < -0.3 is 9.64 Å². The molecule has 3 aromatic rings. The number of carbonyl (C=O) groups is 1. The van der Waals surface area contributed by atoms with E-state index in [9.17, 15) is 4.79 Å². The van der Waals surface area contributed by atoms with Crippen LogP contribution in [0.25, 0.3) is 0 Å². The minimum Gasteiger partial charge on any atom is -0.492 e. The Bertz CT molecular complexity index is 1190. The molecule has 0 radical (unpaired) electrons. The van der Waals surface area contributed by atoms with Crippen molar-refractivity contribution in [2.75, 3.05) is 32.8 Å². The van der Waals surface area contributed by atoms with Crippen molar-refractivity contribution in [2.24, 2.45) is 5.41 Å². The van der Waals surface area contributed by atoms with Gasteiger partial charge in [-0.2, -0.15) is 0 Å². The molecule has 1 amide bonds. The summed E-state index contributed by atoms with van der Waals surface area (Å²) in [6.07, 6.45) is 8.85. The molecule has 0 aliphatic carbocycles. The Morgan fingerprint density at radius 1 is 0.921 bits per heavy atom. The highest BCUT2D eigenvalue weighted by molar-refractivity contribution is 6.31. The lowest BCUT2D eigenvalue weighted by Gasteiger charge is -2.45. The Morgan fingerprint density at radius 2 is 1.71 bits per heavy atom. The molecular formula is C32H38ClN3O2. The zero-order valence-electron chi connectivity index (χ0n) is 22.2. The number of aryl methyl sites for hydroxylation is 1. The normalized spacial score (nSPS) is 18.6. The van der Waals surface area contributed by atoms with Gasteiger partial charge in [0.1, 0.15) is 12.4 Å². The quantitative estimate of drug-likeness (QED) is 0.402. The number of piperidine rings is 1. The molecule has 0 N–H and O–H groups in total. The lowest BCUT2D eigenvalue weighted by molar-refractivity contribution is -0.133. The standard InChI is InChI=1S/C32H38ClN3O2/c33-29-13-3-1-11-27(29)23-31(37)36-19-16-32(17-20-36)15-7-5-10-26-9-2-4-14-30(26)38-22-21-35(25-32)24-28-12-6-8-18-34-28/h1-4,6,8-9,11-14,18H,5,7,10,15-17,19-25H2.